The average molecular weight is 442 g/mol. The van der Waals surface area contributed by atoms with Gasteiger partial charge in [-0.05, 0) is 48.2 Å². The number of fused-ring (bicyclic) bond motifs is 3. The second-order valence-electron chi connectivity index (χ2n) is 8.84. The Labute approximate surface area is 196 Å². The molecule has 4 heteroatoms. The van der Waals surface area contributed by atoms with Crippen molar-refractivity contribution in [1.29, 1.82) is 0 Å². The molecule has 4 nitrogen and oxygen atoms in total. The smallest absolute Gasteiger partial charge is 0.161 e. The molecule has 0 radical (unpaired) electrons. The van der Waals surface area contributed by atoms with Crippen molar-refractivity contribution in [3.8, 4) is 17.2 Å². The summed E-state index contributed by atoms with van der Waals surface area (Å²) in [7, 11) is 3.39. The lowest BCUT2D eigenvalue weighted by atomic mass is 9.75. The van der Waals surface area contributed by atoms with Gasteiger partial charge in [0.05, 0.1) is 32.6 Å². The molecular weight excluding hydrogens is 410 g/mol. The lowest BCUT2D eigenvalue weighted by Crippen LogP contribution is -2.29. The molecule has 1 fully saturated rings. The lowest BCUT2D eigenvalue weighted by molar-refractivity contribution is 0.322. The highest BCUT2D eigenvalue weighted by molar-refractivity contribution is 6.15. The van der Waals surface area contributed by atoms with Crippen LogP contribution in [0.5, 0.6) is 17.2 Å². The van der Waals surface area contributed by atoms with Crippen LogP contribution in [-0.2, 0) is 6.42 Å². The van der Waals surface area contributed by atoms with Crippen molar-refractivity contribution >= 4 is 5.71 Å². The summed E-state index contributed by atoms with van der Waals surface area (Å²) in [5.41, 5.74) is 5.88. The zero-order valence-corrected chi connectivity index (χ0v) is 19.4. The molecule has 0 spiro atoms. The molecule has 1 aliphatic heterocycles. The van der Waals surface area contributed by atoms with Gasteiger partial charge in [-0.1, -0.05) is 55.3 Å². The Bertz CT molecular complexity index is 1140. The van der Waals surface area contributed by atoms with Gasteiger partial charge in [-0.15, -0.1) is 0 Å². The van der Waals surface area contributed by atoms with Crippen LogP contribution in [0, 0.1) is 0 Å². The molecule has 1 saturated carbocycles. The molecule has 0 amide bonds. The first kappa shape index (κ1) is 21.6. The minimum atomic E-state index is 0.321. The fourth-order valence-corrected chi connectivity index (χ4v) is 5.17. The van der Waals surface area contributed by atoms with Gasteiger partial charge >= 0.3 is 0 Å². The van der Waals surface area contributed by atoms with E-state index in [0.717, 1.165) is 46.9 Å². The number of hydrogen-bond donors (Lipinski definition) is 0. The van der Waals surface area contributed by atoms with Crippen molar-refractivity contribution in [2.24, 2.45) is 4.99 Å². The number of hydrogen-bond acceptors (Lipinski definition) is 4. The van der Waals surface area contributed by atoms with Gasteiger partial charge in [-0.2, -0.15) is 0 Å². The number of rotatable bonds is 7. The Morgan fingerprint density at radius 2 is 1.64 bits per heavy atom. The average Bonchev–Trinajstić information content (AvgIpc) is 2.88. The quantitative estimate of drug-likeness (QED) is 0.438. The van der Waals surface area contributed by atoms with Crippen molar-refractivity contribution in [3.05, 3.63) is 89.0 Å². The van der Waals surface area contributed by atoms with Gasteiger partial charge < -0.3 is 14.2 Å². The molecule has 3 aromatic rings. The summed E-state index contributed by atoms with van der Waals surface area (Å²) in [4.78, 5) is 5.28. The van der Waals surface area contributed by atoms with Crippen LogP contribution < -0.4 is 14.2 Å². The third-order valence-electron chi connectivity index (χ3n) is 6.84. The van der Waals surface area contributed by atoms with Gasteiger partial charge in [-0.3, -0.25) is 4.99 Å². The fraction of sp³-hybridized carbons (Fsp3) is 0.345. The Kier molecular flexibility index (Phi) is 6.34. The van der Waals surface area contributed by atoms with E-state index in [9.17, 15) is 0 Å². The topological polar surface area (TPSA) is 40.0 Å². The number of aliphatic imine (C=N–C) groups is 1. The largest absolute Gasteiger partial charge is 0.493 e. The van der Waals surface area contributed by atoms with E-state index in [-0.39, 0.29) is 0 Å². The van der Waals surface area contributed by atoms with Crippen molar-refractivity contribution in [3.63, 3.8) is 0 Å². The Morgan fingerprint density at radius 3 is 2.45 bits per heavy atom. The molecule has 0 bridgehead atoms. The van der Waals surface area contributed by atoms with Crippen molar-refractivity contribution in [2.75, 3.05) is 20.8 Å². The van der Waals surface area contributed by atoms with Crippen LogP contribution in [0.2, 0.25) is 0 Å². The lowest BCUT2D eigenvalue weighted by Gasteiger charge is -2.35. The predicted molar refractivity (Wildman–Crippen MR) is 132 cm³/mol. The van der Waals surface area contributed by atoms with E-state index in [4.69, 9.17) is 19.2 Å². The van der Waals surface area contributed by atoms with Gasteiger partial charge in [0.2, 0.25) is 0 Å². The van der Waals surface area contributed by atoms with Gasteiger partial charge in [0, 0.05) is 23.5 Å². The highest BCUT2D eigenvalue weighted by Gasteiger charge is 2.34. The maximum Gasteiger partial charge on any atom is 0.161 e. The van der Waals surface area contributed by atoms with Crippen molar-refractivity contribution < 1.29 is 14.2 Å². The first-order chi connectivity index (χ1) is 16.3. The first-order valence-electron chi connectivity index (χ1n) is 11.9. The maximum absolute atomic E-state index is 6.12. The summed E-state index contributed by atoms with van der Waals surface area (Å²) in [6.45, 7) is 0.645. The molecule has 5 rings (SSSR count). The first-order valence-corrected chi connectivity index (χ1v) is 11.9. The van der Waals surface area contributed by atoms with E-state index in [1.165, 1.54) is 30.4 Å². The van der Waals surface area contributed by atoms with E-state index in [0.29, 0.717) is 18.6 Å². The predicted octanol–water partition coefficient (Wildman–Crippen LogP) is 6.20. The zero-order chi connectivity index (χ0) is 22.6. The number of benzene rings is 3. The van der Waals surface area contributed by atoms with Crippen molar-refractivity contribution in [2.45, 2.75) is 44.1 Å². The van der Waals surface area contributed by atoms with Crippen LogP contribution in [0.3, 0.4) is 0 Å². The number of nitrogens with zero attached hydrogens (tertiary/aromatic N) is 1. The van der Waals surface area contributed by atoms with Gasteiger partial charge in [0.15, 0.2) is 11.5 Å². The van der Waals surface area contributed by atoms with E-state index < -0.39 is 0 Å². The van der Waals surface area contributed by atoms with Crippen LogP contribution >= 0.6 is 0 Å². The summed E-state index contributed by atoms with van der Waals surface area (Å²) in [6.07, 6.45) is 5.69. The normalized spacial score (nSPS) is 19.2. The van der Waals surface area contributed by atoms with E-state index in [1.807, 2.05) is 12.1 Å². The molecule has 0 N–H and O–H groups in total. The molecule has 1 heterocycles. The Hall–Kier alpha value is -3.27. The summed E-state index contributed by atoms with van der Waals surface area (Å²) in [5, 5.41) is 0. The summed E-state index contributed by atoms with van der Waals surface area (Å²) in [5.74, 6) is 2.86. The Morgan fingerprint density at radius 1 is 0.848 bits per heavy atom. The SMILES string of the molecule is COc1cc2c(cc1OC)[C@H]1CCCC[C@H]1N=C2c1cccc(OCCc2ccccc2)c1. The molecule has 1 aliphatic carbocycles. The summed E-state index contributed by atoms with van der Waals surface area (Å²) < 4.78 is 17.4. The zero-order valence-electron chi connectivity index (χ0n) is 19.4. The van der Waals surface area contributed by atoms with Gasteiger partial charge in [0.25, 0.3) is 0 Å². The molecule has 0 aromatic heterocycles. The molecule has 0 saturated heterocycles. The van der Waals surface area contributed by atoms with Crippen LogP contribution in [0.4, 0.5) is 0 Å². The standard InChI is InChI=1S/C29H31NO3/c1-31-27-18-24-23-13-6-7-14-26(23)30-29(25(24)19-28(27)32-2)21-11-8-12-22(17-21)33-16-15-20-9-4-3-5-10-20/h3-5,8-12,17-19,23,26H,6-7,13-16H2,1-2H3/t23-,26-/m1/s1. The molecule has 33 heavy (non-hydrogen) atoms. The van der Waals surface area contributed by atoms with Gasteiger partial charge in [-0.25, -0.2) is 0 Å². The molecule has 2 atom stereocenters. The highest BCUT2D eigenvalue weighted by Crippen LogP contribution is 2.44. The minimum Gasteiger partial charge on any atom is -0.493 e. The second-order valence-corrected chi connectivity index (χ2v) is 8.84. The minimum absolute atomic E-state index is 0.321. The van der Waals surface area contributed by atoms with E-state index in [2.05, 4.69) is 54.6 Å². The summed E-state index contributed by atoms with van der Waals surface area (Å²) >= 11 is 0. The highest BCUT2D eigenvalue weighted by atomic mass is 16.5. The molecule has 0 unspecified atom stereocenters. The van der Waals surface area contributed by atoms with Crippen LogP contribution in [0.25, 0.3) is 0 Å². The van der Waals surface area contributed by atoms with Gasteiger partial charge in [0.1, 0.15) is 5.75 Å². The number of ether oxygens (including phenoxy) is 3. The molecule has 3 aromatic carbocycles. The molecule has 170 valence electrons. The maximum atomic E-state index is 6.12. The van der Waals surface area contributed by atoms with E-state index >= 15 is 0 Å². The summed E-state index contributed by atoms with van der Waals surface area (Å²) in [6, 6.07) is 23.4. The molecule has 2 aliphatic rings. The number of methoxy groups -OCH3 is 2. The van der Waals surface area contributed by atoms with Crippen LogP contribution in [-0.4, -0.2) is 32.6 Å². The molecular formula is C29H31NO3. The Balaban J connectivity index is 1.46. The third kappa shape index (κ3) is 4.47. The monoisotopic (exact) mass is 441 g/mol. The van der Waals surface area contributed by atoms with E-state index in [1.54, 1.807) is 14.2 Å². The third-order valence-corrected chi connectivity index (χ3v) is 6.84. The van der Waals surface area contributed by atoms with Crippen molar-refractivity contribution in [1.82, 2.24) is 0 Å². The van der Waals surface area contributed by atoms with Crippen LogP contribution in [0.1, 0.15) is 53.9 Å². The fourth-order valence-electron chi connectivity index (χ4n) is 5.17. The second kappa shape index (κ2) is 9.70. The van der Waals surface area contributed by atoms with Crippen LogP contribution in [0.15, 0.2) is 71.7 Å².